The molecule has 216 valence electrons. The predicted octanol–water partition coefficient (Wildman–Crippen LogP) is 7.63. The van der Waals surface area contributed by atoms with Gasteiger partial charge in [0.25, 0.3) is 5.91 Å². The average molecular weight is 582 g/mol. The summed E-state index contributed by atoms with van der Waals surface area (Å²) in [7, 11) is 1.59. The van der Waals surface area contributed by atoms with E-state index in [1.807, 2.05) is 48.5 Å². The van der Waals surface area contributed by atoms with Gasteiger partial charge in [-0.05, 0) is 78.1 Å². The molecular formula is C34H35N3O4S. The Morgan fingerprint density at radius 1 is 1.19 bits per heavy atom. The van der Waals surface area contributed by atoms with Crippen molar-refractivity contribution in [2.24, 2.45) is 16.3 Å². The molecule has 5 rings (SSSR count). The van der Waals surface area contributed by atoms with E-state index in [4.69, 9.17) is 18.9 Å². The first-order chi connectivity index (χ1) is 20.3. The van der Waals surface area contributed by atoms with Gasteiger partial charge in [0.1, 0.15) is 17.4 Å². The number of furan rings is 1. The molecule has 1 amide bonds. The number of hydrogen-bond donors (Lipinski definition) is 1. The second-order valence-corrected chi connectivity index (χ2v) is 12.6. The fourth-order valence-corrected chi connectivity index (χ4v) is 6.50. The number of fused-ring (bicyclic) bond motifs is 1. The van der Waals surface area contributed by atoms with E-state index in [-0.39, 0.29) is 17.9 Å². The molecule has 8 heteroatoms. The zero-order chi connectivity index (χ0) is 29.7. The van der Waals surface area contributed by atoms with Gasteiger partial charge in [-0.15, -0.1) is 11.3 Å². The Morgan fingerprint density at radius 2 is 2.02 bits per heavy atom. The van der Waals surface area contributed by atoms with Crippen molar-refractivity contribution in [1.29, 1.82) is 5.26 Å². The van der Waals surface area contributed by atoms with Crippen LogP contribution in [-0.4, -0.2) is 19.2 Å². The van der Waals surface area contributed by atoms with Crippen LogP contribution in [0.1, 0.15) is 70.4 Å². The van der Waals surface area contributed by atoms with Crippen molar-refractivity contribution in [2.45, 2.75) is 53.2 Å². The van der Waals surface area contributed by atoms with Crippen LogP contribution >= 0.6 is 11.3 Å². The van der Waals surface area contributed by atoms with Crippen LogP contribution in [0.25, 0.3) is 0 Å². The van der Waals surface area contributed by atoms with E-state index in [1.54, 1.807) is 37.0 Å². The Balaban J connectivity index is 1.39. The van der Waals surface area contributed by atoms with E-state index in [1.165, 1.54) is 4.88 Å². The van der Waals surface area contributed by atoms with Crippen molar-refractivity contribution >= 4 is 28.5 Å². The number of thiophene rings is 1. The van der Waals surface area contributed by atoms with Crippen LogP contribution in [0.4, 0.5) is 5.00 Å². The van der Waals surface area contributed by atoms with Gasteiger partial charge >= 0.3 is 0 Å². The normalized spacial score (nSPS) is 14.8. The SMILES string of the molecule is COc1cc(C=Nc2sc3c(c2C(=O)NCc2ccco2)CC[C@H](C(C)(C)C)C3)ccc1OCc1ccccc1C#N. The Labute approximate surface area is 250 Å². The molecule has 2 heterocycles. The summed E-state index contributed by atoms with van der Waals surface area (Å²) >= 11 is 1.61. The topological polar surface area (TPSA) is 96.8 Å². The lowest BCUT2D eigenvalue weighted by Crippen LogP contribution is -2.28. The van der Waals surface area contributed by atoms with E-state index in [2.05, 4.69) is 32.2 Å². The van der Waals surface area contributed by atoms with Gasteiger partial charge in [0.05, 0.1) is 37.1 Å². The Kier molecular flexibility index (Phi) is 8.79. The third-order valence-corrected chi connectivity index (χ3v) is 8.90. The zero-order valence-electron chi connectivity index (χ0n) is 24.4. The van der Waals surface area contributed by atoms with Crippen LogP contribution in [0, 0.1) is 22.7 Å². The van der Waals surface area contributed by atoms with Crippen LogP contribution in [0.15, 0.2) is 70.3 Å². The molecule has 7 nitrogen and oxygen atoms in total. The van der Waals surface area contributed by atoms with Crippen molar-refractivity contribution in [3.05, 3.63) is 99.3 Å². The highest BCUT2D eigenvalue weighted by atomic mass is 32.1. The summed E-state index contributed by atoms with van der Waals surface area (Å²) in [5.41, 5.74) is 4.18. The van der Waals surface area contributed by atoms with Crippen LogP contribution < -0.4 is 14.8 Å². The summed E-state index contributed by atoms with van der Waals surface area (Å²) < 4.78 is 17.0. The molecule has 0 radical (unpaired) electrons. The Morgan fingerprint density at radius 3 is 2.76 bits per heavy atom. The molecule has 1 aliphatic carbocycles. The first-order valence-electron chi connectivity index (χ1n) is 14.0. The molecule has 1 aliphatic rings. The molecule has 0 saturated heterocycles. The monoisotopic (exact) mass is 581 g/mol. The predicted molar refractivity (Wildman–Crippen MR) is 165 cm³/mol. The molecule has 0 bridgehead atoms. The summed E-state index contributed by atoms with van der Waals surface area (Å²) in [6.45, 7) is 7.43. The molecule has 1 N–H and O–H groups in total. The van der Waals surface area contributed by atoms with Gasteiger partial charge in [0.2, 0.25) is 0 Å². The average Bonchev–Trinajstić information content (AvgIpc) is 3.65. The van der Waals surface area contributed by atoms with E-state index in [0.717, 1.165) is 36.0 Å². The van der Waals surface area contributed by atoms with Gasteiger partial charge in [-0.1, -0.05) is 39.0 Å². The van der Waals surface area contributed by atoms with Crippen LogP contribution in [-0.2, 0) is 26.0 Å². The number of methoxy groups -OCH3 is 1. The van der Waals surface area contributed by atoms with Gasteiger partial charge in [-0.2, -0.15) is 5.26 Å². The molecular weight excluding hydrogens is 546 g/mol. The second kappa shape index (κ2) is 12.7. The highest BCUT2D eigenvalue weighted by Gasteiger charge is 2.33. The smallest absolute Gasteiger partial charge is 0.255 e. The highest BCUT2D eigenvalue weighted by Crippen LogP contribution is 2.45. The van der Waals surface area contributed by atoms with E-state index < -0.39 is 0 Å². The molecule has 4 aromatic rings. The third-order valence-electron chi connectivity index (χ3n) is 7.74. The minimum atomic E-state index is -0.135. The van der Waals surface area contributed by atoms with Gasteiger partial charge in [-0.3, -0.25) is 4.79 Å². The highest BCUT2D eigenvalue weighted by molar-refractivity contribution is 7.16. The molecule has 1 atom stereocenters. The number of aliphatic imine (C=N–C) groups is 1. The molecule has 0 spiro atoms. The fraction of sp³-hybridized carbons (Fsp3) is 0.324. The van der Waals surface area contributed by atoms with E-state index in [0.29, 0.717) is 45.8 Å². The van der Waals surface area contributed by atoms with Gasteiger partial charge < -0.3 is 19.2 Å². The third kappa shape index (κ3) is 6.58. The number of hydrogen-bond acceptors (Lipinski definition) is 7. The number of carbonyl (C=O) groups excluding carboxylic acids is 1. The van der Waals surface area contributed by atoms with Gasteiger partial charge in [-0.25, -0.2) is 4.99 Å². The standard InChI is InChI=1S/C34H35N3O4S/c1-34(2,3)25-12-13-27-30(17-25)42-33(31(27)32(38)36-20-26-10-7-15-40-26)37-19-22-11-14-28(29(16-22)39-4)41-21-24-9-6-5-8-23(24)18-35/h5-11,14-16,19,25H,12-13,17,20-21H2,1-4H3,(H,36,38)/t25-/m0/s1. The Bertz CT molecular complexity index is 1620. The fourth-order valence-electron chi connectivity index (χ4n) is 5.23. The van der Waals surface area contributed by atoms with Crippen molar-refractivity contribution in [1.82, 2.24) is 5.32 Å². The first kappa shape index (κ1) is 29.2. The second-order valence-electron chi connectivity index (χ2n) is 11.5. The maximum absolute atomic E-state index is 13.5. The lowest BCUT2D eigenvalue weighted by molar-refractivity contribution is 0.0947. The number of rotatable bonds is 9. The number of nitrogens with zero attached hydrogens (tertiary/aromatic N) is 2. The van der Waals surface area contributed by atoms with Crippen molar-refractivity contribution in [3.8, 4) is 17.6 Å². The Hall–Kier alpha value is -4.35. The summed E-state index contributed by atoms with van der Waals surface area (Å²) in [4.78, 5) is 19.6. The number of amides is 1. The van der Waals surface area contributed by atoms with Gasteiger partial charge in [0.15, 0.2) is 11.5 Å². The number of ether oxygens (including phenoxy) is 2. The van der Waals surface area contributed by atoms with E-state index in [9.17, 15) is 10.1 Å². The van der Waals surface area contributed by atoms with Gasteiger partial charge in [0, 0.05) is 16.7 Å². The minimum absolute atomic E-state index is 0.135. The number of benzene rings is 2. The maximum atomic E-state index is 13.5. The summed E-state index contributed by atoms with van der Waals surface area (Å²) in [5.74, 6) is 2.25. The lowest BCUT2D eigenvalue weighted by atomic mass is 9.72. The quantitative estimate of drug-likeness (QED) is 0.205. The van der Waals surface area contributed by atoms with Crippen molar-refractivity contribution in [3.63, 3.8) is 0 Å². The van der Waals surface area contributed by atoms with Crippen LogP contribution in [0.3, 0.4) is 0 Å². The summed E-state index contributed by atoms with van der Waals surface area (Å²) in [6, 6.07) is 18.8. The van der Waals surface area contributed by atoms with Crippen LogP contribution in [0.2, 0.25) is 0 Å². The maximum Gasteiger partial charge on any atom is 0.255 e. The van der Waals surface area contributed by atoms with Crippen molar-refractivity contribution in [2.75, 3.05) is 7.11 Å². The number of carbonyl (C=O) groups is 1. The molecule has 0 fully saturated rings. The first-order valence-corrected chi connectivity index (χ1v) is 14.9. The minimum Gasteiger partial charge on any atom is -0.493 e. The summed E-state index contributed by atoms with van der Waals surface area (Å²) in [6.07, 6.45) is 6.23. The molecule has 0 saturated carbocycles. The molecule has 42 heavy (non-hydrogen) atoms. The van der Waals surface area contributed by atoms with Crippen molar-refractivity contribution < 1.29 is 18.7 Å². The number of nitriles is 1. The lowest BCUT2D eigenvalue weighted by Gasteiger charge is -2.33. The largest absolute Gasteiger partial charge is 0.493 e. The zero-order valence-corrected chi connectivity index (χ0v) is 25.2. The molecule has 0 unspecified atom stereocenters. The molecule has 0 aliphatic heterocycles. The van der Waals surface area contributed by atoms with Crippen LogP contribution in [0.5, 0.6) is 11.5 Å². The van der Waals surface area contributed by atoms with E-state index >= 15 is 0 Å². The molecule has 2 aromatic carbocycles. The molecule has 2 aromatic heterocycles. The number of nitrogens with one attached hydrogen (secondary N) is 1. The summed E-state index contributed by atoms with van der Waals surface area (Å²) in [5, 5.41) is 13.1.